The number of nitrogens with two attached hydrogens (primary N) is 2. The molecule has 0 saturated carbocycles. The summed E-state index contributed by atoms with van der Waals surface area (Å²) in [5.74, 6) is -1.59. The molecule has 0 saturated heterocycles. The fraction of sp³-hybridized carbons (Fsp3) is 0.700. The van der Waals surface area contributed by atoms with Crippen molar-refractivity contribution in [2.75, 3.05) is 0 Å². The molecule has 0 fully saturated rings. The molecule has 0 amide bonds. The summed E-state index contributed by atoms with van der Waals surface area (Å²) in [5.41, 5.74) is 10.8. The van der Waals surface area contributed by atoms with E-state index in [1.165, 1.54) is 6.92 Å². The van der Waals surface area contributed by atoms with E-state index in [2.05, 4.69) is 0 Å². The van der Waals surface area contributed by atoms with Crippen molar-refractivity contribution in [3.8, 4) is 0 Å². The Labute approximate surface area is 94.0 Å². The Morgan fingerprint density at radius 3 is 2.06 bits per heavy atom. The number of carboxylic acid groups (broad SMARTS) is 1. The molecule has 1 unspecified atom stereocenters. The molecule has 0 aromatic carbocycles. The number of carboxylic acids is 1. The van der Waals surface area contributed by atoms with Crippen LogP contribution in [0.1, 0.15) is 32.6 Å². The van der Waals surface area contributed by atoms with Gasteiger partial charge in [-0.15, -0.1) is 0 Å². The first-order valence-corrected chi connectivity index (χ1v) is 5.10. The molecule has 2 atom stereocenters. The van der Waals surface area contributed by atoms with E-state index >= 15 is 0 Å². The van der Waals surface area contributed by atoms with Crippen LogP contribution in [0.25, 0.3) is 0 Å². The monoisotopic (exact) mass is 230 g/mol. The largest absolute Gasteiger partial charge is 0.480 e. The van der Waals surface area contributed by atoms with E-state index in [9.17, 15) is 14.4 Å². The van der Waals surface area contributed by atoms with Gasteiger partial charge in [0.1, 0.15) is 11.8 Å². The lowest BCUT2D eigenvalue weighted by Gasteiger charge is -2.10. The molecular weight excluding hydrogens is 212 g/mol. The normalized spacial score (nSPS) is 14.2. The van der Waals surface area contributed by atoms with Gasteiger partial charge in [-0.2, -0.15) is 0 Å². The summed E-state index contributed by atoms with van der Waals surface area (Å²) in [6, 6.07) is -1.62. The van der Waals surface area contributed by atoms with Crippen LogP contribution in [0.5, 0.6) is 0 Å². The topological polar surface area (TPSA) is 123 Å². The van der Waals surface area contributed by atoms with Gasteiger partial charge in [0.2, 0.25) is 0 Å². The predicted octanol–water partition coefficient (Wildman–Crippen LogP) is -0.556. The molecule has 92 valence electrons. The molecule has 0 aliphatic heterocycles. The highest BCUT2D eigenvalue weighted by atomic mass is 16.4. The zero-order valence-electron chi connectivity index (χ0n) is 9.31. The van der Waals surface area contributed by atoms with Crippen LogP contribution in [0.15, 0.2) is 0 Å². The maximum Gasteiger partial charge on any atom is 0.320 e. The fourth-order valence-electron chi connectivity index (χ4n) is 1.22. The molecule has 0 spiro atoms. The van der Waals surface area contributed by atoms with E-state index < -0.39 is 18.1 Å². The summed E-state index contributed by atoms with van der Waals surface area (Å²) in [7, 11) is 0. The van der Waals surface area contributed by atoms with E-state index in [-0.39, 0.29) is 24.4 Å². The minimum absolute atomic E-state index is 0.161. The Balaban J connectivity index is 3.81. The molecule has 0 aromatic heterocycles. The number of hydrogen-bond donors (Lipinski definition) is 3. The summed E-state index contributed by atoms with van der Waals surface area (Å²) < 4.78 is 0. The average molecular weight is 230 g/mol. The van der Waals surface area contributed by atoms with Gasteiger partial charge >= 0.3 is 5.97 Å². The van der Waals surface area contributed by atoms with Crippen molar-refractivity contribution in [1.29, 1.82) is 0 Å². The molecule has 0 aliphatic carbocycles. The lowest BCUT2D eigenvalue weighted by Crippen LogP contribution is -2.33. The van der Waals surface area contributed by atoms with Gasteiger partial charge in [0.05, 0.1) is 12.5 Å². The molecule has 0 bridgehead atoms. The smallest absolute Gasteiger partial charge is 0.320 e. The second-order valence-electron chi connectivity index (χ2n) is 3.83. The third kappa shape index (κ3) is 6.26. The second kappa shape index (κ2) is 7.08. The van der Waals surface area contributed by atoms with Crippen molar-refractivity contribution < 1.29 is 19.5 Å². The van der Waals surface area contributed by atoms with Crippen molar-refractivity contribution in [3.63, 3.8) is 0 Å². The van der Waals surface area contributed by atoms with Crippen molar-refractivity contribution in [2.24, 2.45) is 11.5 Å². The van der Waals surface area contributed by atoms with Crippen LogP contribution in [0.2, 0.25) is 0 Å². The third-order valence-electron chi connectivity index (χ3n) is 2.18. The first-order chi connectivity index (χ1) is 7.34. The zero-order chi connectivity index (χ0) is 12.7. The molecule has 0 rings (SSSR count). The summed E-state index contributed by atoms with van der Waals surface area (Å²) in [4.78, 5) is 32.3. The van der Waals surface area contributed by atoms with Gasteiger partial charge in [0.25, 0.3) is 0 Å². The van der Waals surface area contributed by atoms with Gasteiger partial charge in [-0.3, -0.25) is 14.4 Å². The van der Waals surface area contributed by atoms with Crippen LogP contribution in [-0.2, 0) is 14.4 Å². The molecule has 0 heterocycles. The van der Waals surface area contributed by atoms with Crippen LogP contribution in [0.3, 0.4) is 0 Å². The van der Waals surface area contributed by atoms with Crippen molar-refractivity contribution in [3.05, 3.63) is 0 Å². The Morgan fingerprint density at radius 1 is 1.12 bits per heavy atom. The maximum atomic E-state index is 11.3. The van der Waals surface area contributed by atoms with Crippen LogP contribution in [0, 0.1) is 0 Å². The van der Waals surface area contributed by atoms with Crippen LogP contribution in [0.4, 0.5) is 0 Å². The molecule has 5 N–H and O–H groups in total. The summed E-state index contributed by atoms with van der Waals surface area (Å²) in [5, 5.41) is 8.51. The summed E-state index contributed by atoms with van der Waals surface area (Å²) in [6.07, 6.45) is 0.925. The van der Waals surface area contributed by atoms with Crippen LogP contribution >= 0.6 is 0 Å². The SMILES string of the molecule is CC(=O)CC(=O)C(N)CCC[C@H](N)C(=O)O. The summed E-state index contributed by atoms with van der Waals surface area (Å²) >= 11 is 0. The van der Waals surface area contributed by atoms with E-state index in [0.717, 1.165) is 0 Å². The average Bonchev–Trinajstić information content (AvgIpc) is 2.15. The van der Waals surface area contributed by atoms with E-state index in [0.29, 0.717) is 12.8 Å². The number of aliphatic carboxylic acids is 1. The number of rotatable bonds is 8. The number of carbonyl (C=O) groups is 3. The van der Waals surface area contributed by atoms with Gasteiger partial charge in [-0.25, -0.2) is 0 Å². The Hall–Kier alpha value is -1.27. The Bertz CT molecular complexity index is 278. The molecule has 0 aliphatic rings. The third-order valence-corrected chi connectivity index (χ3v) is 2.18. The minimum atomic E-state index is -1.07. The predicted molar refractivity (Wildman–Crippen MR) is 57.7 cm³/mol. The Kier molecular flexibility index (Phi) is 6.52. The van der Waals surface area contributed by atoms with Gasteiger partial charge in [-0.05, 0) is 26.2 Å². The highest BCUT2D eigenvalue weighted by Gasteiger charge is 2.16. The minimum Gasteiger partial charge on any atom is -0.480 e. The van der Waals surface area contributed by atoms with E-state index in [1.54, 1.807) is 0 Å². The van der Waals surface area contributed by atoms with Crippen molar-refractivity contribution in [1.82, 2.24) is 0 Å². The van der Waals surface area contributed by atoms with Crippen LogP contribution in [-0.4, -0.2) is 34.7 Å². The Morgan fingerprint density at radius 2 is 1.62 bits per heavy atom. The highest BCUT2D eigenvalue weighted by molar-refractivity contribution is 6.00. The molecule has 6 heteroatoms. The van der Waals surface area contributed by atoms with Gasteiger partial charge in [0.15, 0.2) is 5.78 Å². The van der Waals surface area contributed by atoms with E-state index in [1.807, 2.05) is 0 Å². The van der Waals surface area contributed by atoms with E-state index in [4.69, 9.17) is 16.6 Å². The highest BCUT2D eigenvalue weighted by Crippen LogP contribution is 2.04. The lowest BCUT2D eigenvalue weighted by atomic mass is 10.0. The number of Topliss-reactive ketones (excluding diaryl/α,β-unsaturated/α-hetero) is 2. The molecule has 0 aromatic rings. The number of hydrogen-bond acceptors (Lipinski definition) is 5. The second-order valence-corrected chi connectivity index (χ2v) is 3.83. The first kappa shape index (κ1) is 14.7. The quantitative estimate of drug-likeness (QED) is 0.480. The maximum absolute atomic E-state index is 11.3. The molecule has 0 radical (unpaired) electrons. The van der Waals surface area contributed by atoms with Crippen molar-refractivity contribution >= 4 is 17.5 Å². The number of ketones is 2. The summed E-state index contributed by atoms with van der Waals surface area (Å²) in [6.45, 7) is 1.32. The zero-order valence-corrected chi connectivity index (χ0v) is 9.31. The standard InChI is InChI=1S/C10H18N2O4/c1-6(13)5-9(14)7(11)3-2-4-8(12)10(15)16/h7-8H,2-5,11-12H2,1H3,(H,15,16)/t7?,8-/m0/s1. The molecule has 16 heavy (non-hydrogen) atoms. The lowest BCUT2D eigenvalue weighted by molar-refractivity contribution is -0.138. The molecule has 6 nitrogen and oxygen atoms in total. The number of carbonyl (C=O) groups excluding carboxylic acids is 2. The fourth-order valence-corrected chi connectivity index (χ4v) is 1.22. The van der Waals surface area contributed by atoms with Crippen LogP contribution < -0.4 is 11.5 Å². The van der Waals surface area contributed by atoms with Gasteiger partial charge < -0.3 is 16.6 Å². The van der Waals surface area contributed by atoms with Crippen molar-refractivity contribution in [2.45, 2.75) is 44.7 Å². The first-order valence-electron chi connectivity index (χ1n) is 5.10. The molecular formula is C10H18N2O4. The van der Waals surface area contributed by atoms with Gasteiger partial charge in [-0.1, -0.05) is 0 Å². The van der Waals surface area contributed by atoms with Gasteiger partial charge in [0, 0.05) is 0 Å².